The van der Waals surface area contributed by atoms with Crippen molar-refractivity contribution >= 4 is 29.9 Å². The topological polar surface area (TPSA) is 53.2 Å². The largest absolute Gasteiger partial charge is 0.465 e. The van der Waals surface area contributed by atoms with E-state index in [0.29, 0.717) is 0 Å². The molecule has 0 radical (unpaired) electrons. The predicted octanol–water partition coefficient (Wildman–Crippen LogP) is 2.25. The maximum absolute atomic E-state index is 5.91. The lowest BCUT2D eigenvalue weighted by Crippen LogP contribution is -2.46. The fourth-order valence-electron chi connectivity index (χ4n) is 3.38. The number of rotatable bonds is 4. The van der Waals surface area contributed by atoms with E-state index in [1.165, 1.54) is 12.8 Å². The highest BCUT2D eigenvalue weighted by molar-refractivity contribution is 14.0. The van der Waals surface area contributed by atoms with Gasteiger partial charge in [-0.05, 0) is 31.9 Å². The Kier molecular flexibility index (Phi) is 7.83. The minimum atomic E-state index is 0. The van der Waals surface area contributed by atoms with Gasteiger partial charge in [0, 0.05) is 39.8 Å². The van der Waals surface area contributed by atoms with Crippen molar-refractivity contribution in [1.82, 2.24) is 15.1 Å². The molecule has 2 aliphatic heterocycles. The fraction of sp³-hybridized carbons (Fsp3) is 0.706. The normalized spacial score (nSPS) is 20.8. The molecule has 0 aliphatic carbocycles. The van der Waals surface area contributed by atoms with Crippen LogP contribution in [0.3, 0.4) is 0 Å². The number of likely N-dealkylation sites (tertiary alicyclic amines) is 1. The molecule has 0 saturated carbocycles. The number of halogens is 1. The van der Waals surface area contributed by atoms with Gasteiger partial charge in [0.2, 0.25) is 0 Å². The lowest BCUT2D eigenvalue weighted by atomic mass is 10.1. The molecule has 1 atom stereocenters. The zero-order valence-electron chi connectivity index (χ0n) is 14.7. The first-order chi connectivity index (χ1) is 11.3. The number of hydrogen-bond donors (Lipinski definition) is 1. The minimum absolute atomic E-state index is 0. The number of nitrogens with zero attached hydrogens (tertiary/aromatic N) is 3. The molecule has 0 aromatic carbocycles. The van der Waals surface area contributed by atoms with Gasteiger partial charge in [0.1, 0.15) is 11.5 Å². The third kappa shape index (κ3) is 4.86. The summed E-state index contributed by atoms with van der Waals surface area (Å²) in [5.41, 5.74) is 0. The first-order valence-electron chi connectivity index (χ1n) is 8.61. The molecule has 3 heterocycles. The van der Waals surface area contributed by atoms with Crippen LogP contribution in [0.1, 0.15) is 30.4 Å². The Morgan fingerprint density at radius 3 is 2.50 bits per heavy atom. The number of guanidine groups is 1. The van der Waals surface area contributed by atoms with Crippen molar-refractivity contribution in [2.75, 3.05) is 53.0 Å². The van der Waals surface area contributed by atoms with E-state index < -0.39 is 0 Å². The van der Waals surface area contributed by atoms with Crippen LogP contribution in [0.25, 0.3) is 0 Å². The van der Waals surface area contributed by atoms with Gasteiger partial charge in [-0.15, -0.1) is 24.0 Å². The van der Waals surface area contributed by atoms with Gasteiger partial charge in [0.15, 0.2) is 5.96 Å². The van der Waals surface area contributed by atoms with Crippen molar-refractivity contribution < 1.29 is 9.15 Å². The van der Waals surface area contributed by atoms with E-state index in [9.17, 15) is 0 Å². The van der Waals surface area contributed by atoms with Crippen LogP contribution in [-0.2, 0) is 4.74 Å². The molecule has 2 fully saturated rings. The third-order valence-electron chi connectivity index (χ3n) is 4.65. The molecule has 24 heavy (non-hydrogen) atoms. The molecule has 136 valence electrons. The Hall–Kier alpha value is -0.800. The number of hydrogen-bond acceptors (Lipinski definition) is 4. The van der Waals surface area contributed by atoms with Crippen molar-refractivity contribution in [2.24, 2.45) is 4.99 Å². The quantitative estimate of drug-likeness (QED) is 0.435. The maximum atomic E-state index is 5.91. The third-order valence-corrected chi connectivity index (χ3v) is 4.65. The van der Waals surface area contributed by atoms with Crippen molar-refractivity contribution in [2.45, 2.75) is 25.8 Å². The van der Waals surface area contributed by atoms with Crippen LogP contribution in [0.2, 0.25) is 0 Å². The van der Waals surface area contributed by atoms with Crippen LogP contribution in [0.15, 0.2) is 21.5 Å². The van der Waals surface area contributed by atoms with E-state index in [4.69, 9.17) is 9.15 Å². The Balaban J connectivity index is 0.00000208. The second-order valence-electron chi connectivity index (χ2n) is 6.23. The molecule has 1 N–H and O–H groups in total. The lowest BCUT2D eigenvalue weighted by molar-refractivity contribution is 0.0123. The summed E-state index contributed by atoms with van der Waals surface area (Å²) in [5, 5.41) is 3.55. The van der Waals surface area contributed by atoms with Crippen molar-refractivity contribution in [1.29, 1.82) is 0 Å². The molecule has 2 aliphatic rings. The zero-order chi connectivity index (χ0) is 16.1. The van der Waals surface area contributed by atoms with E-state index in [1.807, 2.05) is 20.0 Å². The minimum Gasteiger partial charge on any atom is -0.465 e. The summed E-state index contributed by atoms with van der Waals surface area (Å²) in [6.45, 7) is 8.45. The van der Waals surface area contributed by atoms with Gasteiger partial charge in [0.05, 0.1) is 19.3 Å². The monoisotopic (exact) mass is 448 g/mol. The van der Waals surface area contributed by atoms with E-state index in [1.54, 1.807) is 0 Å². The second-order valence-corrected chi connectivity index (χ2v) is 6.23. The molecule has 7 heteroatoms. The van der Waals surface area contributed by atoms with Crippen molar-refractivity contribution in [3.8, 4) is 0 Å². The van der Waals surface area contributed by atoms with Crippen LogP contribution < -0.4 is 5.32 Å². The number of morpholine rings is 1. The van der Waals surface area contributed by atoms with Crippen LogP contribution in [-0.4, -0.2) is 68.7 Å². The molecule has 1 aromatic rings. The Bertz CT molecular complexity index is 522. The molecular formula is C17H29IN4O2. The number of aliphatic imine (C=N–C) groups is 1. The Morgan fingerprint density at radius 1 is 1.21 bits per heavy atom. The van der Waals surface area contributed by atoms with Crippen molar-refractivity contribution in [3.05, 3.63) is 23.7 Å². The molecular weight excluding hydrogens is 419 g/mol. The van der Waals surface area contributed by atoms with Crippen LogP contribution >= 0.6 is 24.0 Å². The molecule has 0 bridgehead atoms. The summed E-state index contributed by atoms with van der Waals surface area (Å²) < 4.78 is 11.4. The molecule has 2 saturated heterocycles. The Morgan fingerprint density at radius 2 is 1.92 bits per heavy atom. The molecule has 0 spiro atoms. The summed E-state index contributed by atoms with van der Waals surface area (Å²) in [6.07, 6.45) is 2.51. The smallest absolute Gasteiger partial charge is 0.193 e. The van der Waals surface area contributed by atoms with Gasteiger partial charge in [-0.2, -0.15) is 0 Å². The second kappa shape index (κ2) is 9.62. The summed E-state index contributed by atoms with van der Waals surface area (Å²) in [5.74, 6) is 2.99. The van der Waals surface area contributed by atoms with Gasteiger partial charge in [-0.25, -0.2) is 0 Å². The van der Waals surface area contributed by atoms with Crippen molar-refractivity contribution in [3.63, 3.8) is 0 Å². The van der Waals surface area contributed by atoms with Crippen LogP contribution in [0.4, 0.5) is 0 Å². The highest BCUT2D eigenvalue weighted by Gasteiger charge is 2.26. The molecule has 3 rings (SSSR count). The maximum Gasteiger partial charge on any atom is 0.193 e. The zero-order valence-corrected chi connectivity index (χ0v) is 17.0. The average Bonchev–Trinajstić information content (AvgIpc) is 3.24. The highest BCUT2D eigenvalue weighted by atomic mass is 127. The SMILES string of the molecule is CN=C(NCC(c1ccc(C)o1)N1CCOCC1)N1CCCC1.I. The van der Waals surface area contributed by atoms with Gasteiger partial charge < -0.3 is 19.4 Å². The van der Waals surface area contributed by atoms with E-state index in [-0.39, 0.29) is 30.0 Å². The molecule has 0 amide bonds. The summed E-state index contributed by atoms with van der Waals surface area (Å²) >= 11 is 0. The number of furan rings is 1. The first-order valence-corrected chi connectivity index (χ1v) is 8.61. The van der Waals surface area contributed by atoms with E-state index in [2.05, 4.69) is 26.2 Å². The van der Waals surface area contributed by atoms with Gasteiger partial charge >= 0.3 is 0 Å². The van der Waals surface area contributed by atoms with Gasteiger partial charge in [0.25, 0.3) is 0 Å². The van der Waals surface area contributed by atoms with Gasteiger partial charge in [-0.3, -0.25) is 9.89 Å². The standard InChI is InChI=1S/C17H28N4O2.HI/c1-14-5-6-16(23-14)15(20-9-11-22-12-10-20)13-19-17(18-2)21-7-3-4-8-21;/h5-6,15H,3-4,7-13H2,1-2H3,(H,18,19);1H. The van der Waals surface area contributed by atoms with Gasteiger partial charge in [-0.1, -0.05) is 0 Å². The Labute approximate surface area is 161 Å². The van der Waals surface area contributed by atoms with Crippen LogP contribution in [0, 0.1) is 6.92 Å². The molecule has 1 unspecified atom stereocenters. The van der Waals surface area contributed by atoms with E-state index in [0.717, 1.165) is 63.4 Å². The first kappa shape index (κ1) is 19.5. The summed E-state index contributed by atoms with van der Waals surface area (Å²) in [7, 11) is 1.86. The van der Waals surface area contributed by atoms with Crippen LogP contribution in [0.5, 0.6) is 0 Å². The highest BCUT2D eigenvalue weighted by Crippen LogP contribution is 2.23. The molecule has 6 nitrogen and oxygen atoms in total. The summed E-state index contributed by atoms with van der Waals surface area (Å²) in [4.78, 5) is 9.22. The number of aryl methyl sites for hydroxylation is 1. The summed E-state index contributed by atoms with van der Waals surface area (Å²) in [6, 6.07) is 4.35. The number of ether oxygens (including phenoxy) is 1. The lowest BCUT2D eigenvalue weighted by Gasteiger charge is -2.34. The van der Waals surface area contributed by atoms with E-state index >= 15 is 0 Å². The average molecular weight is 448 g/mol. The fourth-order valence-corrected chi connectivity index (χ4v) is 3.38. The molecule has 1 aromatic heterocycles. The number of nitrogens with one attached hydrogen (secondary N) is 1. The predicted molar refractivity (Wildman–Crippen MR) is 106 cm³/mol.